The van der Waals surface area contributed by atoms with Gasteiger partial charge in [-0.25, -0.2) is 9.97 Å². The van der Waals surface area contributed by atoms with Crippen molar-refractivity contribution in [3.8, 4) is 17.1 Å². The van der Waals surface area contributed by atoms with Crippen LogP contribution in [0.2, 0.25) is 5.02 Å². The minimum Gasteiger partial charge on any atom is -0.479 e. The number of ether oxygens (including phenoxy) is 1. The summed E-state index contributed by atoms with van der Waals surface area (Å²) < 4.78 is 7.08. The summed E-state index contributed by atoms with van der Waals surface area (Å²) in [4.78, 5) is 8.94. The molecule has 2 aromatic heterocycles. The Morgan fingerprint density at radius 2 is 2.19 bits per heavy atom. The second kappa shape index (κ2) is 5.93. The Kier molecular flexibility index (Phi) is 3.83. The van der Waals surface area contributed by atoms with E-state index in [2.05, 4.69) is 15.1 Å². The highest BCUT2D eigenvalue weighted by molar-refractivity contribution is 6.30. The van der Waals surface area contributed by atoms with Crippen LogP contribution in [-0.2, 0) is 6.54 Å². The molecule has 5 nitrogen and oxygen atoms in total. The zero-order valence-corrected chi connectivity index (χ0v) is 12.2. The first-order chi connectivity index (χ1) is 10.3. The molecule has 3 rings (SSSR count). The van der Waals surface area contributed by atoms with Gasteiger partial charge in [0.2, 0.25) is 5.88 Å². The van der Waals surface area contributed by atoms with Crippen molar-refractivity contribution in [2.24, 2.45) is 0 Å². The molecule has 0 aliphatic heterocycles. The van der Waals surface area contributed by atoms with Gasteiger partial charge in [-0.15, -0.1) is 0 Å². The van der Waals surface area contributed by atoms with Crippen LogP contribution >= 0.6 is 11.6 Å². The van der Waals surface area contributed by atoms with Gasteiger partial charge in [0.1, 0.15) is 5.69 Å². The van der Waals surface area contributed by atoms with Crippen LogP contribution in [0.25, 0.3) is 11.3 Å². The third-order valence-corrected chi connectivity index (χ3v) is 3.20. The van der Waals surface area contributed by atoms with Crippen molar-refractivity contribution in [2.45, 2.75) is 6.54 Å². The minimum absolute atomic E-state index is 0.474. The highest BCUT2D eigenvalue weighted by Gasteiger charge is 2.11. The summed E-state index contributed by atoms with van der Waals surface area (Å²) in [5, 5.41) is 4.81. The number of hydrogen-bond donors (Lipinski definition) is 0. The van der Waals surface area contributed by atoms with Gasteiger partial charge in [-0.05, 0) is 18.2 Å². The SMILES string of the molecule is COc1ncc(Cn2cccn2)nc1-c1cccc(Cl)c1. The number of halogens is 1. The largest absolute Gasteiger partial charge is 0.479 e. The number of hydrogen-bond acceptors (Lipinski definition) is 4. The van der Waals surface area contributed by atoms with E-state index >= 15 is 0 Å². The van der Waals surface area contributed by atoms with E-state index in [-0.39, 0.29) is 0 Å². The highest BCUT2D eigenvalue weighted by atomic mass is 35.5. The zero-order chi connectivity index (χ0) is 14.7. The fourth-order valence-corrected chi connectivity index (χ4v) is 2.21. The number of rotatable bonds is 4. The molecule has 21 heavy (non-hydrogen) atoms. The average Bonchev–Trinajstić information content (AvgIpc) is 3.00. The average molecular weight is 301 g/mol. The summed E-state index contributed by atoms with van der Waals surface area (Å²) >= 11 is 6.04. The predicted molar refractivity (Wildman–Crippen MR) is 80.4 cm³/mol. The lowest BCUT2D eigenvalue weighted by Gasteiger charge is -2.09. The van der Waals surface area contributed by atoms with Crippen molar-refractivity contribution in [1.29, 1.82) is 0 Å². The Balaban J connectivity index is 2.01. The van der Waals surface area contributed by atoms with Crippen molar-refractivity contribution < 1.29 is 4.74 Å². The standard InChI is InChI=1S/C15H13ClN4O/c1-21-15-14(11-4-2-5-12(16)8-11)19-13(9-17-15)10-20-7-3-6-18-20/h2-9H,10H2,1H3. The molecule has 1 aromatic carbocycles. The molecular formula is C15H13ClN4O. The van der Waals surface area contributed by atoms with Gasteiger partial charge in [-0.2, -0.15) is 5.10 Å². The van der Waals surface area contributed by atoms with Gasteiger partial charge in [-0.3, -0.25) is 4.68 Å². The molecular weight excluding hydrogens is 288 g/mol. The number of aromatic nitrogens is 4. The van der Waals surface area contributed by atoms with Crippen LogP contribution in [0.5, 0.6) is 5.88 Å². The van der Waals surface area contributed by atoms with Crippen LogP contribution in [-0.4, -0.2) is 26.9 Å². The van der Waals surface area contributed by atoms with Crippen LogP contribution in [0.15, 0.2) is 48.9 Å². The second-order valence-electron chi connectivity index (χ2n) is 4.43. The molecule has 6 heteroatoms. The summed E-state index contributed by atoms with van der Waals surface area (Å²) in [5.41, 5.74) is 2.34. The lowest BCUT2D eigenvalue weighted by Crippen LogP contribution is -2.05. The van der Waals surface area contributed by atoms with Gasteiger partial charge in [0.15, 0.2) is 0 Å². The molecule has 0 saturated heterocycles. The normalized spacial score (nSPS) is 10.6. The zero-order valence-electron chi connectivity index (χ0n) is 11.4. The summed E-state index contributed by atoms with van der Waals surface area (Å²) in [6.07, 6.45) is 5.30. The summed E-state index contributed by atoms with van der Waals surface area (Å²) in [6, 6.07) is 9.33. The number of benzene rings is 1. The molecule has 0 amide bonds. The van der Waals surface area contributed by atoms with Crippen LogP contribution in [0.3, 0.4) is 0 Å². The summed E-state index contributed by atoms with van der Waals surface area (Å²) in [6.45, 7) is 0.553. The molecule has 0 spiro atoms. The van der Waals surface area contributed by atoms with Crippen molar-refractivity contribution in [2.75, 3.05) is 7.11 Å². The maximum atomic E-state index is 6.04. The van der Waals surface area contributed by atoms with Gasteiger partial charge in [0.05, 0.1) is 25.5 Å². The maximum Gasteiger partial charge on any atom is 0.240 e. The van der Waals surface area contributed by atoms with Gasteiger partial charge in [0, 0.05) is 23.0 Å². The van der Waals surface area contributed by atoms with Gasteiger partial charge in [0.25, 0.3) is 0 Å². The van der Waals surface area contributed by atoms with Gasteiger partial charge in [-0.1, -0.05) is 23.7 Å². The first-order valence-electron chi connectivity index (χ1n) is 6.39. The Hall–Kier alpha value is -2.40. The molecule has 0 aliphatic carbocycles. The number of methoxy groups -OCH3 is 1. The van der Waals surface area contributed by atoms with E-state index in [1.54, 1.807) is 24.2 Å². The van der Waals surface area contributed by atoms with Crippen LogP contribution in [0.1, 0.15) is 5.69 Å². The summed E-state index contributed by atoms with van der Waals surface area (Å²) in [7, 11) is 1.57. The molecule has 0 unspecified atom stereocenters. The van der Waals surface area contributed by atoms with E-state index in [1.807, 2.05) is 36.5 Å². The Morgan fingerprint density at radius 3 is 2.90 bits per heavy atom. The third kappa shape index (κ3) is 3.03. The molecule has 0 bridgehead atoms. The molecule has 0 atom stereocenters. The quantitative estimate of drug-likeness (QED) is 0.743. The van der Waals surface area contributed by atoms with E-state index in [4.69, 9.17) is 16.3 Å². The van der Waals surface area contributed by atoms with Crippen molar-refractivity contribution in [3.05, 3.63) is 59.6 Å². The fourth-order valence-electron chi connectivity index (χ4n) is 2.02. The molecule has 0 N–H and O–H groups in total. The van der Waals surface area contributed by atoms with Crippen LogP contribution in [0.4, 0.5) is 0 Å². The third-order valence-electron chi connectivity index (χ3n) is 2.96. The summed E-state index contributed by atoms with van der Waals surface area (Å²) in [5.74, 6) is 0.474. The van der Waals surface area contributed by atoms with Crippen LogP contribution < -0.4 is 4.74 Å². The minimum atomic E-state index is 0.474. The van der Waals surface area contributed by atoms with Crippen molar-refractivity contribution in [1.82, 2.24) is 19.7 Å². The van der Waals surface area contributed by atoms with E-state index in [1.165, 1.54) is 0 Å². The van der Waals surface area contributed by atoms with Gasteiger partial charge >= 0.3 is 0 Å². The lowest BCUT2D eigenvalue weighted by molar-refractivity contribution is 0.397. The Bertz CT molecular complexity index is 743. The topological polar surface area (TPSA) is 52.8 Å². The van der Waals surface area contributed by atoms with Gasteiger partial charge < -0.3 is 4.74 Å². The lowest BCUT2D eigenvalue weighted by atomic mass is 10.1. The second-order valence-corrected chi connectivity index (χ2v) is 4.87. The van der Waals surface area contributed by atoms with E-state index in [9.17, 15) is 0 Å². The van der Waals surface area contributed by atoms with E-state index < -0.39 is 0 Å². The molecule has 0 aliphatic rings. The fraction of sp³-hybridized carbons (Fsp3) is 0.133. The predicted octanol–water partition coefficient (Wildman–Crippen LogP) is 3.05. The monoisotopic (exact) mass is 300 g/mol. The smallest absolute Gasteiger partial charge is 0.240 e. The Labute approximate surface area is 127 Å². The Morgan fingerprint density at radius 1 is 1.29 bits per heavy atom. The number of nitrogens with zero attached hydrogens (tertiary/aromatic N) is 4. The molecule has 3 aromatic rings. The maximum absolute atomic E-state index is 6.04. The molecule has 0 fully saturated rings. The first kappa shape index (κ1) is 13.6. The molecule has 106 valence electrons. The van der Waals surface area contributed by atoms with E-state index in [0.717, 1.165) is 11.3 Å². The van der Waals surface area contributed by atoms with Crippen LogP contribution in [0, 0.1) is 0 Å². The molecule has 0 radical (unpaired) electrons. The van der Waals surface area contributed by atoms with Crippen molar-refractivity contribution in [3.63, 3.8) is 0 Å². The molecule has 2 heterocycles. The first-order valence-corrected chi connectivity index (χ1v) is 6.77. The van der Waals surface area contributed by atoms with Crippen molar-refractivity contribution >= 4 is 11.6 Å². The highest BCUT2D eigenvalue weighted by Crippen LogP contribution is 2.27. The molecule has 0 saturated carbocycles. The van der Waals surface area contributed by atoms with E-state index in [0.29, 0.717) is 23.1 Å².